The average molecular weight is 569 g/mol. The lowest BCUT2D eigenvalue weighted by molar-refractivity contribution is -0.0834. The molecule has 5 heteroatoms. The number of ether oxygens (including phenoxy) is 1. The standard InChI is InChI=1S/C20H29I2NO2/c1-7-8-20(5)12-15(11-19(3,4)23(20)6)25-18(24)16-9-14(21)10-17(22)13(16)2/h9-10,15H,7-8,11-12H2,1-6H3. The normalized spacial score (nSPS) is 26.5. The molecule has 0 aromatic heterocycles. The summed E-state index contributed by atoms with van der Waals surface area (Å²) in [6, 6.07) is 4.02. The minimum absolute atomic E-state index is 0.0156. The molecule has 1 heterocycles. The Labute approximate surface area is 179 Å². The molecule has 25 heavy (non-hydrogen) atoms. The predicted octanol–water partition coefficient (Wildman–Crippen LogP) is 5.79. The van der Waals surface area contributed by atoms with Gasteiger partial charge in [0, 0.05) is 31.1 Å². The van der Waals surface area contributed by atoms with E-state index in [9.17, 15) is 4.79 Å². The fourth-order valence-corrected chi connectivity index (χ4v) is 5.93. The third kappa shape index (κ3) is 4.69. The number of hydrogen-bond donors (Lipinski definition) is 0. The first kappa shape index (κ1) is 21.4. The highest BCUT2D eigenvalue weighted by atomic mass is 127. The number of piperidine rings is 1. The van der Waals surface area contributed by atoms with Gasteiger partial charge in [-0.15, -0.1) is 0 Å². The van der Waals surface area contributed by atoms with Crippen LogP contribution in [0.1, 0.15) is 69.3 Å². The molecule has 0 bridgehead atoms. The summed E-state index contributed by atoms with van der Waals surface area (Å²) >= 11 is 4.54. The second-order valence-corrected chi connectivity index (χ2v) is 10.5. The highest BCUT2D eigenvalue weighted by molar-refractivity contribution is 14.1. The molecule has 1 saturated heterocycles. The maximum Gasteiger partial charge on any atom is 0.338 e. The summed E-state index contributed by atoms with van der Waals surface area (Å²) in [4.78, 5) is 15.3. The summed E-state index contributed by atoms with van der Waals surface area (Å²) in [5, 5.41) is 0. The van der Waals surface area contributed by atoms with E-state index in [-0.39, 0.29) is 23.2 Å². The Balaban J connectivity index is 2.23. The van der Waals surface area contributed by atoms with Gasteiger partial charge in [-0.3, -0.25) is 4.90 Å². The number of esters is 1. The monoisotopic (exact) mass is 569 g/mol. The first-order chi connectivity index (χ1) is 11.5. The molecule has 2 rings (SSSR count). The number of hydrogen-bond acceptors (Lipinski definition) is 3. The second kappa shape index (κ2) is 8.00. The van der Waals surface area contributed by atoms with Crippen LogP contribution in [0.5, 0.6) is 0 Å². The molecule has 2 atom stereocenters. The van der Waals surface area contributed by atoms with Gasteiger partial charge in [0.1, 0.15) is 6.10 Å². The van der Waals surface area contributed by atoms with Crippen LogP contribution in [-0.2, 0) is 4.74 Å². The average Bonchev–Trinajstić information content (AvgIpc) is 2.48. The molecule has 1 aliphatic heterocycles. The van der Waals surface area contributed by atoms with E-state index in [0.717, 1.165) is 38.4 Å². The molecule has 0 amide bonds. The van der Waals surface area contributed by atoms with Gasteiger partial charge < -0.3 is 4.74 Å². The Hall–Kier alpha value is 0.110. The zero-order valence-corrected chi connectivity index (χ0v) is 20.4. The summed E-state index contributed by atoms with van der Waals surface area (Å²) in [6.45, 7) is 11.0. The molecule has 1 aromatic carbocycles. The Morgan fingerprint density at radius 3 is 2.52 bits per heavy atom. The van der Waals surface area contributed by atoms with Gasteiger partial charge in [0.2, 0.25) is 0 Å². The fourth-order valence-electron chi connectivity index (χ4n) is 4.09. The molecule has 1 fully saturated rings. The maximum atomic E-state index is 12.9. The molecule has 3 nitrogen and oxygen atoms in total. The molecule has 0 N–H and O–H groups in total. The molecule has 0 radical (unpaired) electrons. The first-order valence-corrected chi connectivity index (χ1v) is 11.1. The summed E-state index contributed by atoms with van der Waals surface area (Å²) in [5.74, 6) is -0.182. The van der Waals surface area contributed by atoms with Gasteiger partial charge in [-0.2, -0.15) is 0 Å². The van der Waals surface area contributed by atoms with Gasteiger partial charge in [0.05, 0.1) is 5.56 Å². The van der Waals surface area contributed by atoms with Crippen LogP contribution in [0.15, 0.2) is 12.1 Å². The summed E-state index contributed by atoms with van der Waals surface area (Å²) in [6.07, 6.45) is 3.97. The van der Waals surface area contributed by atoms with Crippen LogP contribution in [-0.4, -0.2) is 35.1 Å². The number of likely N-dealkylation sites (tertiary alicyclic amines) is 1. The quantitative estimate of drug-likeness (QED) is 0.340. The van der Waals surface area contributed by atoms with Crippen molar-refractivity contribution in [2.24, 2.45) is 0 Å². The number of nitrogens with zero attached hydrogens (tertiary/aromatic N) is 1. The summed E-state index contributed by atoms with van der Waals surface area (Å²) in [7, 11) is 2.21. The maximum absolute atomic E-state index is 12.9. The Morgan fingerprint density at radius 1 is 1.28 bits per heavy atom. The fraction of sp³-hybridized carbons (Fsp3) is 0.650. The Bertz CT molecular complexity index is 659. The molecular formula is C20H29I2NO2. The highest BCUT2D eigenvalue weighted by Crippen LogP contribution is 2.41. The Kier molecular flexibility index (Phi) is 6.85. The van der Waals surface area contributed by atoms with E-state index >= 15 is 0 Å². The number of carbonyl (C=O) groups excluding carboxylic acids is 1. The van der Waals surface area contributed by atoms with Crippen LogP contribution in [0, 0.1) is 14.1 Å². The number of benzene rings is 1. The highest BCUT2D eigenvalue weighted by Gasteiger charge is 2.46. The lowest BCUT2D eigenvalue weighted by atomic mass is 9.75. The van der Waals surface area contributed by atoms with Crippen molar-refractivity contribution < 1.29 is 9.53 Å². The smallest absolute Gasteiger partial charge is 0.338 e. The van der Waals surface area contributed by atoms with Crippen molar-refractivity contribution in [1.82, 2.24) is 4.90 Å². The molecule has 1 aromatic rings. The van der Waals surface area contributed by atoms with Crippen molar-refractivity contribution in [3.8, 4) is 0 Å². The lowest BCUT2D eigenvalue weighted by Gasteiger charge is -2.54. The van der Waals surface area contributed by atoms with Crippen molar-refractivity contribution >= 4 is 51.2 Å². The van der Waals surface area contributed by atoms with E-state index in [1.54, 1.807) is 0 Å². The molecule has 2 unspecified atom stereocenters. The van der Waals surface area contributed by atoms with Crippen LogP contribution >= 0.6 is 45.2 Å². The Morgan fingerprint density at radius 2 is 1.92 bits per heavy atom. The molecule has 140 valence electrons. The molecule has 0 spiro atoms. The second-order valence-electron chi connectivity index (χ2n) is 8.11. The SMILES string of the molecule is CCCC1(C)CC(OC(=O)c2cc(I)cc(I)c2C)CC(C)(C)N1C. The molecular weight excluding hydrogens is 540 g/mol. The van der Waals surface area contributed by atoms with Gasteiger partial charge in [0.25, 0.3) is 0 Å². The molecule has 1 aliphatic rings. The third-order valence-electron chi connectivity index (χ3n) is 5.70. The van der Waals surface area contributed by atoms with E-state index in [2.05, 4.69) is 90.9 Å². The lowest BCUT2D eigenvalue weighted by Crippen LogP contribution is -2.61. The van der Waals surface area contributed by atoms with Gasteiger partial charge in [-0.25, -0.2) is 4.79 Å². The van der Waals surface area contributed by atoms with Crippen LogP contribution in [0.3, 0.4) is 0 Å². The van der Waals surface area contributed by atoms with Gasteiger partial charge in [-0.05, 0) is 104 Å². The zero-order chi connectivity index (χ0) is 19.0. The number of halogens is 2. The number of carbonyl (C=O) groups is 1. The van der Waals surface area contributed by atoms with Gasteiger partial charge in [0.15, 0.2) is 0 Å². The zero-order valence-electron chi connectivity index (χ0n) is 16.1. The van der Waals surface area contributed by atoms with Crippen molar-refractivity contribution in [2.75, 3.05) is 7.05 Å². The minimum Gasteiger partial charge on any atom is -0.459 e. The van der Waals surface area contributed by atoms with Gasteiger partial charge in [-0.1, -0.05) is 13.3 Å². The topological polar surface area (TPSA) is 29.5 Å². The molecule has 0 saturated carbocycles. The van der Waals surface area contributed by atoms with E-state index in [1.165, 1.54) is 0 Å². The van der Waals surface area contributed by atoms with Crippen molar-refractivity contribution in [3.63, 3.8) is 0 Å². The van der Waals surface area contributed by atoms with Crippen molar-refractivity contribution in [2.45, 2.75) is 77.5 Å². The van der Waals surface area contributed by atoms with E-state index in [4.69, 9.17) is 4.74 Å². The van der Waals surface area contributed by atoms with Gasteiger partial charge >= 0.3 is 5.97 Å². The van der Waals surface area contributed by atoms with Crippen molar-refractivity contribution in [1.29, 1.82) is 0 Å². The van der Waals surface area contributed by atoms with E-state index in [0.29, 0.717) is 5.56 Å². The van der Waals surface area contributed by atoms with Crippen molar-refractivity contribution in [3.05, 3.63) is 30.4 Å². The number of rotatable bonds is 4. The van der Waals surface area contributed by atoms with Crippen LogP contribution < -0.4 is 0 Å². The first-order valence-electron chi connectivity index (χ1n) is 8.91. The van der Waals surface area contributed by atoms with Crippen LogP contribution in [0.2, 0.25) is 0 Å². The van der Waals surface area contributed by atoms with E-state index < -0.39 is 0 Å². The van der Waals surface area contributed by atoms with Crippen LogP contribution in [0.25, 0.3) is 0 Å². The summed E-state index contributed by atoms with van der Waals surface area (Å²) in [5.41, 5.74) is 1.79. The predicted molar refractivity (Wildman–Crippen MR) is 120 cm³/mol. The molecule has 0 aliphatic carbocycles. The largest absolute Gasteiger partial charge is 0.459 e. The summed E-state index contributed by atoms with van der Waals surface area (Å²) < 4.78 is 8.20. The van der Waals surface area contributed by atoms with Crippen LogP contribution in [0.4, 0.5) is 0 Å². The van der Waals surface area contributed by atoms with E-state index in [1.807, 2.05) is 13.0 Å². The minimum atomic E-state index is -0.182. The third-order valence-corrected chi connectivity index (χ3v) is 7.45.